The molecule has 1 aliphatic rings. The van der Waals surface area contributed by atoms with Crippen molar-refractivity contribution in [2.24, 2.45) is 0 Å². The van der Waals surface area contributed by atoms with Gasteiger partial charge in [-0.3, -0.25) is 14.5 Å². The van der Waals surface area contributed by atoms with Gasteiger partial charge in [-0.25, -0.2) is 0 Å². The zero-order valence-corrected chi connectivity index (χ0v) is 19.2. The van der Waals surface area contributed by atoms with E-state index in [1.807, 2.05) is 31.1 Å². The first-order valence-electron chi connectivity index (χ1n) is 10.5. The fourth-order valence-corrected chi connectivity index (χ4v) is 4.05. The van der Waals surface area contributed by atoms with Crippen molar-refractivity contribution in [2.45, 2.75) is 19.9 Å². The summed E-state index contributed by atoms with van der Waals surface area (Å²) in [5.41, 5.74) is 2.63. The van der Waals surface area contributed by atoms with Gasteiger partial charge in [0.1, 0.15) is 29.1 Å². The first-order valence-corrected chi connectivity index (χ1v) is 10.5. The standard InChI is InChI=1S/C26H26N2O5/c1-15-14-19(32-5)11-12-20(15)24(29)22-23(21-13-6-16(2)33-21)28(26(31)25(22)30)18-9-7-17(8-10-18)27(3)4/h6-14,23,29H,1-5H3/b24-22-. The number of hydrogen-bond acceptors (Lipinski definition) is 6. The third-order valence-corrected chi connectivity index (χ3v) is 5.81. The molecule has 1 aromatic heterocycles. The molecule has 0 radical (unpaired) electrons. The van der Waals surface area contributed by atoms with Gasteiger partial charge in [-0.2, -0.15) is 0 Å². The van der Waals surface area contributed by atoms with E-state index in [-0.39, 0.29) is 11.3 Å². The summed E-state index contributed by atoms with van der Waals surface area (Å²) >= 11 is 0. The maximum atomic E-state index is 13.2. The maximum absolute atomic E-state index is 13.2. The van der Waals surface area contributed by atoms with Gasteiger partial charge < -0.3 is 19.2 Å². The average Bonchev–Trinajstić information content (AvgIpc) is 3.34. The number of furan rings is 1. The number of aliphatic hydroxyl groups is 1. The van der Waals surface area contributed by atoms with Crippen LogP contribution in [0.2, 0.25) is 0 Å². The van der Waals surface area contributed by atoms with Gasteiger partial charge >= 0.3 is 0 Å². The van der Waals surface area contributed by atoms with Crippen LogP contribution in [0, 0.1) is 13.8 Å². The Morgan fingerprint density at radius 3 is 2.27 bits per heavy atom. The number of benzene rings is 2. The predicted molar refractivity (Wildman–Crippen MR) is 127 cm³/mol. The molecule has 2 aromatic carbocycles. The van der Waals surface area contributed by atoms with E-state index in [2.05, 4.69) is 0 Å². The molecule has 1 aliphatic heterocycles. The van der Waals surface area contributed by atoms with Crippen LogP contribution in [0.4, 0.5) is 11.4 Å². The number of rotatable bonds is 5. The third-order valence-electron chi connectivity index (χ3n) is 5.81. The van der Waals surface area contributed by atoms with Crippen LogP contribution in [0.1, 0.15) is 28.7 Å². The third kappa shape index (κ3) is 3.86. The topological polar surface area (TPSA) is 83.2 Å². The molecule has 1 N–H and O–H groups in total. The van der Waals surface area contributed by atoms with Crippen molar-refractivity contribution in [1.82, 2.24) is 0 Å². The van der Waals surface area contributed by atoms with Gasteiger partial charge in [0.2, 0.25) is 0 Å². The van der Waals surface area contributed by atoms with E-state index < -0.39 is 17.7 Å². The number of methoxy groups -OCH3 is 1. The van der Waals surface area contributed by atoms with Gasteiger partial charge in [0.25, 0.3) is 11.7 Å². The summed E-state index contributed by atoms with van der Waals surface area (Å²) in [5.74, 6) is -0.0724. The Morgan fingerprint density at radius 2 is 1.73 bits per heavy atom. The molecule has 1 unspecified atom stereocenters. The highest BCUT2D eigenvalue weighted by molar-refractivity contribution is 6.51. The van der Waals surface area contributed by atoms with Crippen LogP contribution in [0.25, 0.3) is 5.76 Å². The lowest BCUT2D eigenvalue weighted by Crippen LogP contribution is -2.29. The number of carbonyl (C=O) groups excluding carboxylic acids is 2. The summed E-state index contributed by atoms with van der Waals surface area (Å²) in [4.78, 5) is 29.7. The molecule has 1 atom stereocenters. The number of ketones is 1. The molecule has 7 heteroatoms. The molecular weight excluding hydrogens is 420 g/mol. The minimum atomic E-state index is -0.898. The van der Waals surface area contributed by atoms with Crippen molar-refractivity contribution in [3.63, 3.8) is 0 Å². The normalized spacial score (nSPS) is 17.5. The van der Waals surface area contributed by atoms with Crippen molar-refractivity contribution in [2.75, 3.05) is 31.0 Å². The molecule has 0 aliphatic carbocycles. The summed E-state index contributed by atoms with van der Waals surface area (Å²) in [6, 6.07) is 15.0. The molecule has 170 valence electrons. The minimum Gasteiger partial charge on any atom is -0.507 e. The van der Waals surface area contributed by atoms with E-state index in [1.165, 1.54) is 4.90 Å². The van der Waals surface area contributed by atoms with Crippen molar-refractivity contribution in [1.29, 1.82) is 0 Å². The molecule has 2 heterocycles. The second-order valence-electron chi connectivity index (χ2n) is 8.21. The quantitative estimate of drug-likeness (QED) is 0.350. The molecule has 7 nitrogen and oxygen atoms in total. The molecule has 33 heavy (non-hydrogen) atoms. The minimum absolute atomic E-state index is 0.0145. The van der Waals surface area contributed by atoms with Crippen LogP contribution in [0.5, 0.6) is 5.75 Å². The lowest BCUT2D eigenvalue weighted by atomic mass is 9.96. The number of carbonyl (C=O) groups is 2. The fourth-order valence-electron chi connectivity index (χ4n) is 4.05. The van der Waals surface area contributed by atoms with E-state index in [0.29, 0.717) is 34.1 Å². The van der Waals surface area contributed by atoms with Gasteiger partial charge in [-0.1, -0.05) is 0 Å². The smallest absolute Gasteiger partial charge is 0.300 e. The Labute approximate surface area is 192 Å². The lowest BCUT2D eigenvalue weighted by Gasteiger charge is -2.24. The van der Waals surface area contributed by atoms with E-state index in [1.54, 1.807) is 63.4 Å². The monoisotopic (exact) mass is 446 g/mol. The van der Waals surface area contributed by atoms with E-state index in [4.69, 9.17) is 9.15 Å². The SMILES string of the molecule is COc1ccc(/C(O)=C2/C(=O)C(=O)N(c3ccc(N(C)C)cc3)C2c2ccc(C)o2)c(C)c1. The molecule has 1 amide bonds. The number of hydrogen-bond donors (Lipinski definition) is 1. The van der Waals surface area contributed by atoms with Crippen LogP contribution in [0.3, 0.4) is 0 Å². The van der Waals surface area contributed by atoms with E-state index >= 15 is 0 Å². The number of nitrogens with zero attached hydrogens (tertiary/aromatic N) is 2. The second kappa shape index (κ2) is 8.50. The Kier molecular flexibility index (Phi) is 5.72. The molecule has 4 rings (SSSR count). The van der Waals surface area contributed by atoms with Crippen LogP contribution >= 0.6 is 0 Å². The molecule has 0 spiro atoms. The number of aliphatic hydroxyl groups excluding tert-OH is 1. The molecule has 3 aromatic rings. The number of aryl methyl sites for hydroxylation is 2. The summed E-state index contributed by atoms with van der Waals surface area (Å²) < 4.78 is 11.1. The Balaban J connectivity index is 1.90. The van der Waals surface area contributed by atoms with Gasteiger partial charge in [0.05, 0.1) is 12.7 Å². The highest BCUT2D eigenvalue weighted by Crippen LogP contribution is 2.43. The molecule has 1 saturated heterocycles. The highest BCUT2D eigenvalue weighted by atomic mass is 16.5. The molecular formula is C26H26N2O5. The van der Waals surface area contributed by atoms with Gasteiger partial charge in [0, 0.05) is 31.0 Å². The first kappa shape index (κ1) is 22.2. The number of amides is 1. The zero-order valence-electron chi connectivity index (χ0n) is 19.2. The van der Waals surface area contributed by atoms with Crippen LogP contribution < -0.4 is 14.5 Å². The Morgan fingerprint density at radius 1 is 1.03 bits per heavy atom. The molecule has 0 saturated carbocycles. The fraction of sp³-hybridized carbons (Fsp3) is 0.231. The summed E-state index contributed by atoms with van der Waals surface area (Å²) in [7, 11) is 5.40. The molecule has 1 fully saturated rings. The highest BCUT2D eigenvalue weighted by Gasteiger charge is 2.48. The summed E-state index contributed by atoms with van der Waals surface area (Å²) in [6.45, 7) is 3.59. The maximum Gasteiger partial charge on any atom is 0.300 e. The van der Waals surface area contributed by atoms with Gasteiger partial charge in [0.15, 0.2) is 0 Å². The number of ether oxygens (including phenoxy) is 1. The lowest BCUT2D eigenvalue weighted by molar-refractivity contribution is -0.132. The summed E-state index contributed by atoms with van der Waals surface area (Å²) in [6.07, 6.45) is 0. The second-order valence-corrected chi connectivity index (χ2v) is 8.21. The van der Waals surface area contributed by atoms with E-state index in [9.17, 15) is 14.7 Å². The average molecular weight is 447 g/mol. The number of Topliss-reactive ketones (excluding diaryl/α,β-unsaturated/α-hetero) is 1. The Bertz CT molecular complexity index is 1250. The van der Waals surface area contributed by atoms with Crippen LogP contribution in [-0.2, 0) is 9.59 Å². The first-order chi connectivity index (χ1) is 15.7. The van der Waals surface area contributed by atoms with E-state index in [0.717, 1.165) is 5.69 Å². The molecule has 0 bridgehead atoms. The summed E-state index contributed by atoms with van der Waals surface area (Å²) in [5, 5.41) is 11.3. The Hall–Kier alpha value is -4.00. The van der Waals surface area contributed by atoms with Crippen molar-refractivity contribution in [3.05, 3.63) is 82.8 Å². The largest absolute Gasteiger partial charge is 0.507 e. The van der Waals surface area contributed by atoms with Crippen molar-refractivity contribution in [3.8, 4) is 5.75 Å². The zero-order chi connectivity index (χ0) is 23.9. The van der Waals surface area contributed by atoms with Crippen molar-refractivity contribution < 1.29 is 23.8 Å². The van der Waals surface area contributed by atoms with Crippen molar-refractivity contribution >= 4 is 28.8 Å². The van der Waals surface area contributed by atoms with Gasteiger partial charge in [-0.15, -0.1) is 0 Å². The number of anilines is 2. The van der Waals surface area contributed by atoms with Crippen LogP contribution in [-0.4, -0.2) is 38.0 Å². The predicted octanol–water partition coefficient (Wildman–Crippen LogP) is 4.60. The van der Waals surface area contributed by atoms with Crippen LogP contribution in [0.15, 0.2) is 64.6 Å². The van der Waals surface area contributed by atoms with Gasteiger partial charge in [-0.05, 0) is 74.0 Å².